The molecule has 1 atom stereocenters. The quantitative estimate of drug-likeness (QED) is 0.602. The monoisotopic (exact) mass is 440 g/mol. The van der Waals surface area contributed by atoms with E-state index in [9.17, 15) is 9.18 Å². The summed E-state index contributed by atoms with van der Waals surface area (Å²) in [5.41, 5.74) is 2.30. The molecule has 7 nitrogen and oxygen atoms in total. The predicted octanol–water partition coefficient (Wildman–Crippen LogP) is 3.74. The Labute approximate surface area is 186 Å². The lowest BCUT2D eigenvalue weighted by atomic mass is 9.92. The summed E-state index contributed by atoms with van der Waals surface area (Å²) in [6.07, 6.45) is 4.37. The van der Waals surface area contributed by atoms with E-state index in [1.165, 1.54) is 12.1 Å². The van der Waals surface area contributed by atoms with Crippen LogP contribution in [0.15, 0.2) is 27.5 Å². The summed E-state index contributed by atoms with van der Waals surface area (Å²) in [6.45, 7) is 5.34. The Hall–Kier alpha value is -2.58. The Bertz CT molecular complexity index is 1180. The molecule has 0 amide bonds. The van der Waals surface area contributed by atoms with Gasteiger partial charge in [0.05, 0.1) is 0 Å². The van der Waals surface area contributed by atoms with Crippen LogP contribution in [0.2, 0.25) is 0 Å². The normalized spacial score (nSPS) is 20.0. The number of piperidine rings is 1. The number of halogens is 1. The second-order valence-corrected chi connectivity index (χ2v) is 8.93. The molecule has 1 aromatic carbocycles. The van der Waals surface area contributed by atoms with Gasteiger partial charge in [0.1, 0.15) is 29.0 Å². The van der Waals surface area contributed by atoms with Gasteiger partial charge in [-0.05, 0) is 64.3 Å². The van der Waals surface area contributed by atoms with Crippen LogP contribution >= 0.6 is 0 Å². The molecule has 5 rings (SSSR count). The highest BCUT2D eigenvalue weighted by atomic mass is 19.1. The highest BCUT2D eigenvalue weighted by molar-refractivity contribution is 5.80. The van der Waals surface area contributed by atoms with Gasteiger partial charge in [0, 0.05) is 48.8 Å². The number of rotatable bonds is 5. The molecule has 0 spiro atoms. The summed E-state index contributed by atoms with van der Waals surface area (Å²) in [5.74, 6) is 1.61. The second kappa shape index (κ2) is 8.75. The smallest absolute Gasteiger partial charge is 0.257 e. The van der Waals surface area contributed by atoms with Crippen molar-refractivity contribution in [3.8, 4) is 0 Å². The SMILES string of the molecule is COC1CCCn2c1nc(C)c(CCN1CCC(c3onc4cc(F)ccc34)CC1)c2=O. The van der Waals surface area contributed by atoms with E-state index in [-0.39, 0.29) is 23.4 Å². The summed E-state index contributed by atoms with van der Waals surface area (Å²) in [6, 6.07) is 4.64. The number of hydrogen-bond acceptors (Lipinski definition) is 6. The van der Waals surface area contributed by atoms with Crippen LogP contribution in [0.25, 0.3) is 10.9 Å². The number of aromatic nitrogens is 3. The van der Waals surface area contributed by atoms with Gasteiger partial charge in [-0.3, -0.25) is 9.36 Å². The number of aryl methyl sites for hydroxylation is 1. The number of hydrogen-bond donors (Lipinski definition) is 0. The van der Waals surface area contributed by atoms with Crippen molar-refractivity contribution in [3.63, 3.8) is 0 Å². The van der Waals surface area contributed by atoms with Crippen molar-refractivity contribution in [3.05, 3.63) is 57.2 Å². The van der Waals surface area contributed by atoms with E-state index in [4.69, 9.17) is 14.2 Å². The fourth-order valence-corrected chi connectivity index (χ4v) is 5.18. The Morgan fingerprint density at radius 1 is 1.22 bits per heavy atom. The highest BCUT2D eigenvalue weighted by Gasteiger charge is 2.27. The first-order valence-electron chi connectivity index (χ1n) is 11.5. The van der Waals surface area contributed by atoms with E-state index in [0.29, 0.717) is 11.9 Å². The lowest BCUT2D eigenvalue weighted by molar-refractivity contribution is 0.0692. The fourth-order valence-electron chi connectivity index (χ4n) is 5.18. The lowest BCUT2D eigenvalue weighted by Crippen LogP contribution is -2.37. The van der Waals surface area contributed by atoms with Gasteiger partial charge in [-0.2, -0.15) is 0 Å². The minimum Gasteiger partial charge on any atom is -0.374 e. The van der Waals surface area contributed by atoms with E-state index >= 15 is 0 Å². The third-order valence-corrected chi connectivity index (χ3v) is 7.02. The van der Waals surface area contributed by atoms with Crippen molar-refractivity contribution in [1.29, 1.82) is 0 Å². The number of benzene rings is 1. The summed E-state index contributed by atoms with van der Waals surface area (Å²) in [7, 11) is 1.68. The molecule has 1 saturated heterocycles. The molecule has 0 saturated carbocycles. The molecular weight excluding hydrogens is 411 g/mol. The van der Waals surface area contributed by atoms with Gasteiger partial charge in [0.25, 0.3) is 5.56 Å². The highest BCUT2D eigenvalue weighted by Crippen LogP contribution is 2.33. The van der Waals surface area contributed by atoms with Crippen molar-refractivity contribution >= 4 is 10.9 Å². The fraction of sp³-hybridized carbons (Fsp3) is 0.542. The average Bonchev–Trinajstić information content (AvgIpc) is 3.22. The average molecular weight is 441 g/mol. The van der Waals surface area contributed by atoms with E-state index in [1.807, 2.05) is 11.5 Å². The van der Waals surface area contributed by atoms with Crippen molar-refractivity contribution < 1.29 is 13.7 Å². The molecule has 2 aromatic heterocycles. The van der Waals surface area contributed by atoms with E-state index in [2.05, 4.69) is 10.1 Å². The topological polar surface area (TPSA) is 73.4 Å². The molecule has 4 heterocycles. The molecule has 0 aliphatic carbocycles. The first-order valence-corrected chi connectivity index (χ1v) is 11.5. The molecule has 2 aliphatic heterocycles. The van der Waals surface area contributed by atoms with E-state index in [1.54, 1.807) is 13.2 Å². The first-order chi connectivity index (χ1) is 15.5. The molecule has 1 fully saturated rings. The number of nitrogens with zero attached hydrogens (tertiary/aromatic N) is 4. The van der Waals surface area contributed by atoms with Crippen molar-refractivity contribution in [2.24, 2.45) is 0 Å². The van der Waals surface area contributed by atoms with Gasteiger partial charge in [-0.1, -0.05) is 5.16 Å². The molecule has 1 unspecified atom stereocenters. The predicted molar refractivity (Wildman–Crippen MR) is 118 cm³/mol. The molecule has 2 aliphatic rings. The Morgan fingerprint density at radius 3 is 2.81 bits per heavy atom. The summed E-state index contributed by atoms with van der Waals surface area (Å²) >= 11 is 0. The summed E-state index contributed by atoms with van der Waals surface area (Å²) in [4.78, 5) is 20.3. The zero-order chi connectivity index (χ0) is 22.2. The third-order valence-electron chi connectivity index (χ3n) is 7.02. The van der Waals surface area contributed by atoms with Crippen LogP contribution in [0.3, 0.4) is 0 Å². The standard InChI is InChI=1S/C24H29FN4O3/c1-15-18(24(30)29-10-3-4-21(31-2)23(29)26-15)9-13-28-11-7-16(8-12-28)22-19-6-5-17(25)14-20(19)27-32-22/h5-6,14,16,21H,3-4,7-13H2,1-2H3. The molecule has 0 radical (unpaired) electrons. The zero-order valence-electron chi connectivity index (χ0n) is 18.6. The molecule has 32 heavy (non-hydrogen) atoms. The van der Waals surface area contributed by atoms with Gasteiger partial charge in [-0.15, -0.1) is 0 Å². The first kappa shape index (κ1) is 21.3. The van der Waals surface area contributed by atoms with Gasteiger partial charge in [-0.25, -0.2) is 9.37 Å². The van der Waals surface area contributed by atoms with Gasteiger partial charge in [0.15, 0.2) is 0 Å². The minimum atomic E-state index is -0.298. The number of fused-ring (bicyclic) bond motifs is 2. The van der Waals surface area contributed by atoms with Crippen LogP contribution < -0.4 is 5.56 Å². The maximum atomic E-state index is 13.4. The number of likely N-dealkylation sites (tertiary alicyclic amines) is 1. The number of methoxy groups -OCH3 is 1. The van der Waals surface area contributed by atoms with Crippen LogP contribution in [0.4, 0.5) is 4.39 Å². The van der Waals surface area contributed by atoms with Crippen LogP contribution in [-0.2, 0) is 17.7 Å². The van der Waals surface area contributed by atoms with Crippen LogP contribution in [0.5, 0.6) is 0 Å². The molecule has 8 heteroatoms. The van der Waals surface area contributed by atoms with Crippen molar-refractivity contribution in [2.75, 3.05) is 26.7 Å². The third kappa shape index (κ3) is 3.86. The molecule has 0 bridgehead atoms. The second-order valence-electron chi connectivity index (χ2n) is 8.93. The molecular formula is C24H29FN4O3. The van der Waals surface area contributed by atoms with E-state index in [0.717, 1.165) is 80.1 Å². The maximum Gasteiger partial charge on any atom is 0.257 e. The Morgan fingerprint density at radius 2 is 2.03 bits per heavy atom. The Balaban J connectivity index is 1.24. The Kier molecular flexibility index (Phi) is 5.82. The molecule has 170 valence electrons. The van der Waals surface area contributed by atoms with Gasteiger partial charge in [0.2, 0.25) is 0 Å². The number of ether oxygens (including phenoxy) is 1. The lowest BCUT2D eigenvalue weighted by Gasteiger charge is -2.31. The largest absolute Gasteiger partial charge is 0.374 e. The molecule has 3 aromatic rings. The van der Waals surface area contributed by atoms with Gasteiger partial charge < -0.3 is 14.2 Å². The van der Waals surface area contributed by atoms with Crippen molar-refractivity contribution in [1.82, 2.24) is 19.6 Å². The van der Waals surface area contributed by atoms with Crippen LogP contribution in [-0.4, -0.2) is 46.4 Å². The van der Waals surface area contributed by atoms with E-state index < -0.39 is 0 Å². The van der Waals surface area contributed by atoms with Crippen molar-refractivity contribution in [2.45, 2.75) is 57.6 Å². The van der Waals surface area contributed by atoms with Gasteiger partial charge >= 0.3 is 0 Å². The summed E-state index contributed by atoms with van der Waals surface area (Å²) < 4.78 is 26.4. The van der Waals surface area contributed by atoms with Crippen LogP contribution in [0, 0.1) is 12.7 Å². The summed E-state index contributed by atoms with van der Waals surface area (Å²) in [5, 5.41) is 4.94. The van der Waals surface area contributed by atoms with Crippen LogP contribution in [0.1, 0.15) is 60.5 Å². The minimum absolute atomic E-state index is 0.0875. The maximum absolute atomic E-state index is 13.4. The zero-order valence-corrected chi connectivity index (χ0v) is 18.6. The molecule has 0 N–H and O–H groups in total.